The van der Waals surface area contributed by atoms with Crippen LogP contribution in [-0.2, 0) is 9.53 Å². The molecule has 0 aromatic carbocycles. The smallest absolute Gasteiger partial charge is 0.311 e. The van der Waals surface area contributed by atoms with Crippen LogP contribution in [0.2, 0.25) is 0 Å². The Labute approximate surface area is 62.9 Å². The predicted octanol–water partition coefficient (Wildman–Crippen LogP) is 1.22. The molecule has 0 radical (unpaired) electrons. The van der Waals surface area contributed by atoms with E-state index in [-0.39, 0.29) is 6.61 Å². The van der Waals surface area contributed by atoms with Gasteiger partial charge in [-0.3, -0.25) is 4.79 Å². The van der Waals surface area contributed by atoms with Gasteiger partial charge >= 0.3 is 5.97 Å². The van der Waals surface area contributed by atoms with Gasteiger partial charge in [-0.15, -0.1) is 0 Å². The number of esters is 1. The lowest BCUT2D eigenvalue weighted by Crippen LogP contribution is -2.16. The predicted molar refractivity (Wildman–Crippen MR) is 35.0 cm³/mol. The minimum Gasteiger partial charge on any atom is -0.466 e. The van der Waals surface area contributed by atoms with Gasteiger partial charge in [0.15, 0.2) is 0 Å². The lowest BCUT2D eigenvalue weighted by atomic mass is 10.3. The van der Waals surface area contributed by atoms with Crippen molar-refractivity contribution in [3.05, 3.63) is 0 Å². The zero-order valence-electron chi connectivity index (χ0n) is 6.06. The average molecular weight is 165 g/mol. The molecule has 0 heterocycles. The van der Waals surface area contributed by atoms with Gasteiger partial charge in [0.1, 0.15) is 0 Å². The molecule has 0 aromatic heterocycles. The molecule has 64 valence electrons. The number of hydrogen-bond acceptors (Lipinski definition) is 3. The summed E-state index contributed by atoms with van der Waals surface area (Å²) in [5.41, 5.74) is -0.900. The maximum Gasteiger partial charge on any atom is 0.311 e. The molecule has 0 saturated carbocycles. The van der Waals surface area contributed by atoms with Gasteiger partial charge in [-0.25, -0.2) is 8.78 Å². The first-order valence-electron chi connectivity index (χ1n) is 3.09. The van der Waals surface area contributed by atoms with Gasteiger partial charge in [0, 0.05) is 0 Å². The third-order valence-electron chi connectivity index (χ3n) is 0.904. The van der Waals surface area contributed by atoms with Gasteiger partial charge in [0.2, 0.25) is 0 Å². The molecule has 0 aromatic rings. The maximum atomic E-state index is 11.6. The van der Waals surface area contributed by atoms with E-state index in [1.165, 1.54) is 0 Å². The first-order chi connectivity index (χ1) is 5.07. The second-order valence-electron chi connectivity index (χ2n) is 1.81. The molecule has 0 unspecified atom stereocenters. The second-order valence-corrected chi connectivity index (χ2v) is 1.81. The van der Waals surface area contributed by atoms with Gasteiger partial charge in [-0.1, -0.05) is 0 Å². The Morgan fingerprint density at radius 3 is 2.55 bits per heavy atom. The van der Waals surface area contributed by atoms with E-state index in [1.807, 2.05) is 0 Å². The number of rotatable bonds is 4. The van der Waals surface area contributed by atoms with E-state index in [1.54, 1.807) is 6.92 Å². The van der Waals surface area contributed by atoms with Crippen LogP contribution in [0.15, 0.2) is 0 Å². The molecule has 0 atom stereocenters. The van der Waals surface area contributed by atoms with E-state index in [0.29, 0.717) is 0 Å². The van der Waals surface area contributed by atoms with Crippen LogP contribution in [0.25, 0.3) is 0 Å². The van der Waals surface area contributed by atoms with Gasteiger partial charge in [-0.05, 0) is 6.92 Å². The summed E-state index contributed by atoms with van der Waals surface area (Å²) >= 11 is 0. The Morgan fingerprint density at radius 2 is 2.18 bits per heavy atom. The first kappa shape index (κ1) is 10.0. The van der Waals surface area contributed by atoms with Crippen LogP contribution < -0.4 is 0 Å². The zero-order valence-corrected chi connectivity index (χ0v) is 6.06. The first-order valence-corrected chi connectivity index (χ1v) is 3.09. The number of nitrogens with one attached hydrogen (secondary N) is 1. The second kappa shape index (κ2) is 4.76. The lowest BCUT2D eigenvalue weighted by molar-refractivity contribution is -0.141. The van der Waals surface area contributed by atoms with E-state index in [2.05, 4.69) is 4.74 Å². The molecule has 0 rings (SSSR count). The van der Waals surface area contributed by atoms with Crippen LogP contribution >= 0.6 is 0 Å². The molecule has 0 bridgehead atoms. The molecular formula is C6H9F2NO2. The normalized spacial score (nSPS) is 9.82. The van der Waals surface area contributed by atoms with Crippen LogP contribution in [0.3, 0.4) is 0 Å². The van der Waals surface area contributed by atoms with Crippen molar-refractivity contribution in [3.8, 4) is 0 Å². The van der Waals surface area contributed by atoms with Crippen molar-refractivity contribution in [3.63, 3.8) is 0 Å². The van der Waals surface area contributed by atoms with Crippen molar-refractivity contribution in [2.45, 2.75) is 19.8 Å². The fourth-order valence-electron chi connectivity index (χ4n) is 0.445. The topological polar surface area (TPSA) is 50.2 Å². The number of carbonyl (C=O) groups is 1. The Bertz CT molecular complexity index is 159. The van der Waals surface area contributed by atoms with Crippen molar-refractivity contribution >= 4 is 11.7 Å². The van der Waals surface area contributed by atoms with E-state index < -0.39 is 24.5 Å². The van der Waals surface area contributed by atoms with Gasteiger partial charge in [0.05, 0.1) is 18.7 Å². The highest BCUT2D eigenvalue weighted by Gasteiger charge is 2.15. The van der Waals surface area contributed by atoms with Gasteiger partial charge in [-0.2, -0.15) is 0 Å². The molecular weight excluding hydrogens is 156 g/mol. The number of halogens is 2. The standard InChI is InChI=1S/C6H9F2NO2/c1-2-11-5(10)3-4(9)6(7)8/h6,9H,2-3H2,1H3. The fraction of sp³-hybridized carbons (Fsp3) is 0.667. The molecule has 0 spiro atoms. The largest absolute Gasteiger partial charge is 0.466 e. The molecule has 0 aliphatic heterocycles. The van der Waals surface area contributed by atoms with Crippen molar-refractivity contribution < 1.29 is 18.3 Å². The summed E-state index contributed by atoms with van der Waals surface area (Å²) in [6.07, 6.45) is -3.48. The highest BCUT2D eigenvalue weighted by Crippen LogP contribution is 1.99. The van der Waals surface area contributed by atoms with Crippen LogP contribution in [0.4, 0.5) is 8.78 Å². The number of hydrogen-bond donors (Lipinski definition) is 1. The number of carbonyl (C=O) groups excluding carboxylic acids is 1. The molecule has 3 nitrogen and oxygen atoms in total. The summed E-state index contributed by atoms with van der Waals surface area (Å²) in [7, 11) is 0. The summed E-state index contributed by atoms with van der Waals surface area (Å²) in [6.45, 7) is 1.72. The Morgan fingerprint density at radius 1 is 1.64 bits per heavy atom. The van der Waals surface area contributed by atoms with E-state index in [4.69, 9.17) is 5.41 Å². The fourth-order valence-corrected chi connectivity index (χ4v) is 0.445. The monoisotopic (exact) mass is 165 g/mol. The Kier molecular flexibility index (Phi) is 4.33. The van der Waals surface area contributed by atoms with Crippen LogP contribution in [-0.4, -0.2) is 24.7 Å². The number of ether oxygens (including phenoxy) is 1. The van der Waals surface area contributed by atoms with E-state index in [9.17, 15) is 13.6 Å². The molecule has 0 fully saturated rings. The van der Waals surface area contributed by atoms with Crippen LogP contribution in [0.5, 0.6) is 0 Å². The van der Waals surface area contributed by atoms with Crippen molar-refractivity contribution in [2.75, 3.05) is 6.61 Å². The SMILES string of the molecule is CCOC(=O)CC(=N)C(F)F. The lowest BCUT2D eigenvalue weighted by Gasteiger charge is -2.01. The van der Waals surface area contributed by atoms with E-state index in [0.717, 1.165) is 0 Å². The molecule has 0 amide bonds. The van der Waals surface area contributed by atoms with Crippen LogP contribution in [0, 0.1) is 5.41 Å². The van der Waals surface area contributed by atoms with Crippen molar-refractivity contribution in [1.29, 1.82) is 5.41 Å². The molecule has 1 N–H and O–H groups in total. The number of alkyl halides is 2. The summed E-state index contributed by atoms with van der Waals surface area (Å²) in [6, 6.07) is 0. The summed E-state index contributed by atoms with van der Waals surface area (Å²) in [4.78, 5) is 10.5. The highest BCUT2D eigenvalue weighted by molar-refractivity contribution is 5.98. The van der Waals surface area contributed by atoms with E-state index >= 15 is 0 Å². The minimum atomic E-state index is -2.86. The molecule has 0 aliphatic rings. The summed E-state index contributed by atoms with van der Waals surface area (Å²) in [5.74, 6) is -0.780. The summed E-state index contributed by atoms with van der Waals surface area (Å²) < 4.78 is 27.5. The third kappa shape index (κ3) is 4.41. The molecule has 5 heteroatoms. The van der Waals surface area contributed by atoms with Crippen molar-refractivity contribution in [1.82, 2.24) is 0 Å². The third-order valence-corrected chi connectivity index (χ3v) is 0.904. The highest BCUT2D eigenvalue weighted by atomic mass is 19.3. The molecule has 11 heavy (non-hydrogen) atoms. The van der Waals surface area contributed by atoms with Gasteiger partial charge in [0.25, 0.3) is 6.43 Å². The minimum absolute atomic E-state index is 0.148. The molecule has 0 aliphatic carbocycles. The Hall–Kier alpha value is -1.00. The van der Waals surface area contributed by atoms with Gasteiger partial charge < -0.3 is 10.1 Å². The van der Waals surface area contributed by atoms with Crippen molar-refractivity contribution in [2.24, 2.45) is 0 Å². The summed E-state index contributed by atoms with van der Waals surface area (Å²) in [5, 5.41) is 6.60. The van der Waals surface area contributed by atoms with Crippen LogP contribution in [0.1, 0.15) is 13.3 Å². The Balaban J connectivity index is 3.67. The zero-order chi connectivity index (χ0) is 8.85. The maximum absolute atomic E-state index is 11.6. The average Bonchev–Trinajstić information content (AvgIpc) is 1.87. The quantitative estimate of drug-likeness (QED) is 0.503. The molecule has 0 saturated heterocycles.